The maximum absolute atomic E-state index is 12.1. The quantitative estimate of drug-likeness (QED) is 0.768. The summed E-state index contributed by atoms with van der Waals surface area (Å²) in [7, 11) is 0. The van der Waals surface area contributed by atoms with E-state index in [9.17, 15) is 4.79 Å². The Morgan fingerprint density at radius 3 is 2.96 bits per heavy atom. The van der Waals surface area contributed by atoms with Crippen molar-refractivity contribution in [1.82, 2.24) is 30.0 Å². The predicted octanol–water partition coefficient (Wildman–Crippen LogP) is 1.71. The number of halogens is 1. The fourth-order valence-electron chi connectivity index (χ4n) is 2.24. The second kappa shape index (κ2) is 6.57. The molecule has 0 aliphatic carbocycles. The molecular formula is C14H14ClN7O. The lowest BCUT2D eigenvalue weighted by Crippen LogP contribution is -2.19. The van der Waals surface area contributed by atoms with E-state index in [4.69, 9.17) is 11.6 Å². The zero-order valence-electron chi connectivity index (χ0n) is 12.3. The highest BCUT2D eigenvalue weighted by atomic mass is 35.5. The lowest BCUT2D eigenvalue weighted by Gasteiger charge is -2.09. The van der Waals surface area contributed by atoms with Crippen LogP contribution in [0.25, 0.3) is 5.69 Å². The second-order valence-corrected chi connectivity index (χ2v) is 5.24. The molecule has 0 spiro atoms. The summed E-state index contributed by atoms with van der Waals surface area (Å²) in [4.78, 5) is 12.1. The molecule has 0 saturated carbocycles. The van der Waals surface area contributed by atoms with Crippen LogP contribution in [0.15, 0.2) is 36.8 Å². The average Bonchev–Trinajstić information content (AvgIpc) is 3.16. The molecule has 0 aliphatic rings. The fourth-order valence-corrected chi connectivity index (χ4v) is 2.42. The first-order valence-electron chi connectivity index (χ1n) is 7.01. The van der Waals surface area contributed by atoms with Crippen LogP contribution in [0.5, 0.6) is 0 Å². The minimum Gasteiger partial charge on any atom is -0.322 e. The molecule has 2 aromatic heterocycles. The van der Waals surface area contributed by atoms with Gasteiger partial charge in [-0.15, -0.1) is 5.10 Å². The number of rotatable bonds is 5. The number of carbonyl (C=O) groups is 1. The normalized spacial score (nSPS) is 10.7. The molecule has 9 heteroatoms. The Bertz CT molecular complexity index is 812. The van der Waals surface area contributed by atoms with Crippen LogP contribution in [0.1, 0.15) is 12.6 Å². The molecule has 0 unspecified atom stereocenters. The molecule has 3 rings (SSSR count). The summed E-state index contributed by atoms with van der Waals surface area (Å²) in [6.45, 7) is 2.04. The monoisotopic (exact) mass is 331 g/mol. The SMILES string of the molecule is CCc1c(NC(=O)Cn2cnnn2)cnn1-c1cccc(Cl)c1. The zero-order chi connectivity index (χ0) is 16.2. The van der Waals surface area contributed by atoms with Gasteiger partial charge in [-0.05, 0) is 35.0 Å². The molecule has 8 nitrogen and oxygen atoms in total. The minimum atomic E-state index is -0.224. The van der Waals surface area contributed by atoms with Crippen LogP contribution in [0, 0.1) is 0 Å². The van der Waals surface area contributed by atoms with Gasteiger partial charge in [-0.25, -0.2) is 9.36 Å². The Hall–Kier alpha value is -2.74. The highest BCUT2D eigenvalue weighted by Crippen LogP contribution is 2.22. The van der Waals surface area contributed by atoms with Gasteiger partial charge in [0.1, 0.15) is 12.9 Å². The van der Waals surface area contributed by atoms with E-state index < -0.39 is 0 Å². The molecule has 0 atom stereocenters. The lowest BCUT2D eigenvalue weighted by molar-refractivity contribution is -0.116. The standard InChI is InChI=1S/C14H14ClN7O/c1-2-13-12(18-14(23)8-21-9-16-19-20-21)7-17-22(13)11-5-3-4-10(15)6-11/h3-7,9H,2,8H2,1H3,(H,18,23). The molecule has 0 aliphatic heterocycles. The summed E-state index contributed by atoms with van der Waals surface area (Å²) in [6.07, 6.45) is 3.71. The van der Waals surface area contributed by atoms with Crippen molar-refractivity contribution in [3.8, 4) is 5.69 Å². The van der Waals surface area contributed by atoms with E-state index in [2.05, 4.69) is 25.9 Å². The van der Waals surface area contributed by atoms with Crippen molar-refractivity contribution in [1.29, 1.82) is 0 Å². The van der Waals surface area contributed by atoms with Gasteiger partial charge >= 0.3 is 0 Å². The molecule has 0 radical (unpaired) electrons. The second-order valence-electron chi connectivity index (χ2n) is 4.81. The fraction of sp³-hybridized carbons (Fsp3) is 0.214. The summed E-state index contributed by atoms with van der Waals surface area (Å²) in [5.41, 5.74) is 2.39. The maximum Gasteiger partial charge on any atom is 0.246 e. The van der Waals surface area contributed by atoms with Crippen LogP contribution in [-0.4, -0.2) is 35.9 Å². The van der Waals surface area contributed by atoms with Crippen LogP contribution in [0.4, 0.5) is 5.69 Å². The summed E-state index contributed by atoms with van der Waals surface area (Å²) in [6, 6.07) is 7.38. The van der Waals surface area contributed by atoms with E-state index in [0.717, 1.165) is 11.4 Å². The van der Waals surface area contributed by atoms with E-state index in [1.807, 2.05) is 25.1 Å². The number of carbonyl (C=O) groups excluding carboxylic acids is 1. The summed E-state index contributed by atoms with van der Waals surface area (Å²) >= 11 is 6.03. The third-order valence-electron chi connectivity index (χ3n) is 3.23. The van der Waals surface area contributed by atoms with Crippen molar-refractivity contribution in [2.45, 2.75) is 19.9 Å². The van der Waals surface area contributed by atoms with Crippen molar-refractivity contribution in [3.63, 3.8) is 0 Å². The summed E-state index contributed by atoms with van der Waals surface area (Å²) < 4.78 is 3.11. The average molecular weight is 332 g/mol. The number of aromatic nitrogens is 6. The smallest absolute Gasteiger partial charge is 0.246 e. The maximum atomic E-state index is 12.1. The number of hydrogen-bond donors (Lipinski definition) is 1. The van der Waals surface area contributed by atoms with E-state index in [-0.39, 0.29) is 12.5 Å². The highest BCUT2D eigenvalue weighted by Gasteiger charge is 2.14. The molecule has 1 N–H and O–H groups in total. The highest BCUT2D eigenvalue weighted by molar-refractivity contribution is 6.30. The van der Waals surface area contributed by atoms with Crippen LogP contribution in [0.2, 0.25) is 5.02 Å². The zero-order valence-corrected chi connectivity index (χ0v) is 13.1. The predicted molar refractivity (Wildman–Crippen MR) is 84.4 cm³/mol. The van der Waals surface area contributed by atoms with Crippen LogP contribution >= 0.6 is 11.6 Å². The topological polar surface area (TPSA) is 90.5 Å². The molecule has 0 fully saturated rings. The van der Waals surface area contributed by atoms with Crippen molar-refractivity contribution < 1.29 is 4.79 Å². The third-order valence-corrected chi connectivity index (χ3v) is 3.46. The van der Waals surface area contributed by atoms with E-state index in [1.165, 1.54) is 11.0 Å². The number of hydrogen-bond acceptors (Lipinski definition) is 5. The lowest BCUT2D eigenvalue weighted by atomic mass is 10.2. The van der Waals surface area contributed by atoms with Crippen LogP contribution in [0.3, 0.4) is 0 Å². The molecule has 3 aromatic rings. The number of anilines is 1. The molecule has 1 amide bonds. The van der Waals surface area contributed by atoms with Gasteiger partial charge in [-0.3, -0.25) is 4.79 Å². The van der Waals surface area contributed by atoms with Gasteiger partial charge in [-0.1, -0.05) is 24.6 Å². The Morgan fingerprint density at radius 1 is 1.39 bits per heavy atom. The Morgan fingerprint density at radius 2 is 2.26 bits per heavy atom. The first-order valence-corrected chi connectivity index (χ1v) is 7.38. The van der Waals surface area contributed by atoms with Gasteiger partial charge in [0, 0.05) is 5.02 Å². The summed E-state index contributed by atoms with van der Waals surface area (Å²) in [5.74, 6) is -0.224. The van der Waals surface area contributed by atoms with E-state index >= 15 is 0 Å². The van der Waals surface area contributed by atoms with Gasteiger partial charge in [0.15, 0.2) is 0 Å². The van der Waals surface area contributed by atoms with Crippen LogP contribution in [-0.2, 0) is 17.8 Å². The first-order chi connectivity index (χ1) is 11.2. The van der Waals surface area contributed by atoms with Crippen molar-refractivity contribution in [3.05, 3.63) is 47.5 Å². The molecule has 1 aromatic carbocycles. The van der Waals surface area contributed by atoms with Gasteiger partial charge in [0.2, 0.25) is 5.91 Å². The van der Waals surface area contributed by atoms with E-state index in [0.29, 0.717) is 17.1 Å². The number of tetrazole rings is 1. The first kappa shape index (κ1) is 15.2. The van der Waals surface area contributed by atoms with Crippen LogP contribution < -0.4 is 5.32 Å². The summed E-state index contributed by atoms with van der Waals surface area (Å²) in [5, 5.41) is 18.5. The molecule has 0 bridgehead atoms. The van der Waals surface area contributed by atoms with E-state index in [1.54, 1.807) is 16.9 Å². The van der Waals surface area contributed by atoms with Gasteiger partial charge in [0.05, 0.1) is 23.3 Å². The number of amides is 1. The largest absolute Gasteiger partial charge is 0.322 e. The van der Waals surface area contributed by atoms with Crippen molar-refractivity contribution in [2.75, 3.05) is 5.32 Å². The number of nitrogens with one attached hydrogen (secondary N) is 1. The molecule has 2 heterocycles. The van der Waals surface area contributed by atoms with Gasteiger partial charge < -0.3 is 5.32 Å². The molecule has 118 valence electrons. The Labute approximate surface area is 137 Å². The molecule has 0 saturated heterocycles. The third kappa shape index (κ3) is 3.37. The minimum absolute atomic E-state index is 0.0402. The number of benzene rings is 1. The van der Waals surface area contributed by atoms with Crippen molar-refractivity contribution >= 4 is 23.2 Å². The van der Waals surface area contributed by atoms with Gasteiger partial charge in [-0.2, -0.15) is 5.10 Å². The molecular weight excluding hydrogens is 318 g/mol. The molecule has 23 heavy (non-hydrogen) atoms. The Kier molecular flexibility index (Phi) is 4.33. The van der Waals surface area contributed by atoms with Crippen molar-refractivity contribution in [2.24, 2.45) is 0 Å². The van der Waals surface area contributed by atoms with Gasteiger partial charge in [0.25, 0.3) is 0 Å². The number of nitrogens with zero attached hydrogens (tertiary/aromatic N) is 6. The Balaban J connectivity index is 1.82.